The fourth-order valence-corrected chi connectivity index (χ4v) is 3.96. The van der Waals surface area contributed by atoms with Crippen molar-refractivity contribution in [2.45, 2.75) is 19.1 Å². The van der Waals surface area contributed by atoms with Crippen LogP contribution < -0.4 is 0 Å². The van der Waals surface area contributed by atoms with Crippen LogP contribution in [0.25, 0.3) is 11.1 Å². The highest BCUT2D eigenvalue weighted by Gasteiger charge is 2.43. The average molecular weight is 338 g/mol. The van der Waals surface area contributed by atoms with E-state index in [9.17, 15) is 9.00 Å². The number of hydrogen-bond donors (Lipinski definition) is 0. The van der Waals surface area contributed by atoms with Gasteiger partial charge in [0.25, 0.3) is 0 Å². The zero-order valence-electron chi connectivity index (χ0n) is 11.8. The third kappa shape index (κ3) is 3.12. The van der Waals surface area contributed by atoms with E-state index in [0.717, 1.165) is 16.0 Å². The summed E-state index contributed by atoms with van der Waals surface area (Å²) in [7, 11) is 0. The summed E-state index contributed by atoms with van der Waals surface area (Å²) in [6.45, 7) is 1.94. The monoisotopic (exact) mass is 338 g/mol. The number of benzene rings is 1. The second-order valence-corrected chi connectivity index (χ2v) is 6.33. The third-order valence-electron chi connectivity index (χ3n) is 3.17. The molecule has 0 spiro atoms. The Morgan fingerprint density at radius 3 is 2.77 bits per heavy atom. The number of esters is 1. The molecule has 1 aromatic carbocycles. The fraction of sp³-hybridized carbons (Fsp3) is 0.267. The molecule has 1 saturated heterocycles. The molecule has 1 aliphatic heterocycles. The maximum Gasteiger partial charge on any atom is 0.340 e. The molecule has 0 amide bonds. The van der Waals surface area contributed by atoms with Crippen LogP contribution in [0.4, 0.5) is 0 Å². The summed E-state index contributed by atoms with van der Waals surface area (Å²) >= 11 is -0.501. The minimum absolute atomic E-state index is 0.234. The first kappa shape index (κ1) is 15.4. The lowest BCUT2D eigenvalue weighted by molar-refractivity contribution is -0.152. The van der Waals surface area contributed by atoms with Crippen molar-refractivity contribution in [1.29, 1.82) is 0 Å². The molecule has 116 valence electrons. The molecular formula is C15H14O5S2. The van der Waals surface area contributed by atoms with Gasteiger partial charge >= 0.3 is 17.3 Å². The van der Waals surface area contributed by atoms with Gasteiger partial charge in [0.15, 0.2) is 0 Å². The minimum atomic E-state index is -1.94. The van der Waals surface area contributed by atoms with Crippen LogP contribution in [-0.2, 0) is 29.3 Å². The molecule has 0 bridgehead atoms. The number of carbonyl (C=O) groups is 1. The van der Waals surface area contributed by atoms with Crippen molar-refractivity contribution in [3.05, 3.63) is 46.7 Å². The van der Waals surface area contributed by atoms with Gasteiger partial charge in [-0.25, -0.2) is 8.98 Å². The van der Waals surface area contributed by atoms with Gasteiger partial charge in [0.05, 0.1) is 6.61 Å². The zero-order valence-corrected chi connectivity index (χ0v) is 13.4. The molecule has 1 fully saturated rings. The molecule has 1 aromatic heterocycles. The maximum absolute atomic E-state index is 11.9. The predicted octanol–water partition coefficient (Wildman–Crippen LogP) is 3.01. The largest absolute Gasteiger partial charge is 0.464 e. The van der Waals surface area contributed by atoms with Crippen molar-refractivity contribution in [2.24, 2.45) is 0 Å². The van der Waals surface area contributed by atoms with Gasteiger partial charge in [-0.05, 0) is 29.5 Å². The van der Waals surface area contributed by atoms with Gasteiger partial charge in [-0.15, -0.1) is 11.3 Å². The molecule has 7 heteroatoms. The van der Waals surface area contributed by atoms with Gasteiger partial charge in [-0.3, -0.25) is 4.18 Å². The highest BCUT2D eigenvalue weighted by Crippen LogP contribution is 2.38. The van der Waals surface area contributed by atoms with Gasteiger partial charge in [-0.1, -0.05) is 30.3 Å². The lowest BCUT2D eigenvalue weighted by Crippen LogP contribution is -2.27. The molecule has 1 unspecified atom stereocenters. The van der Waals surface area contributed by atoms with E-state index < -0.39 is 29.5 Å². The van der Waals surface area contributed by atoms with E-state index in [-0.39, 0.29) is 6.61 Å². The highest BCUT2D eigenvalue weighted by molar-refractivity contribution is 7.75. The smallest absolute Gasteiger partial charge is 0.340 e. The highest BCUT2D eigenvalue weighted by atomic mass is 32.2. The molecule has 0 radical (unpaired) electrons. The van der Waals surface area contributed by atoms with Gasteiger partial charge in [0.2, 0.25) is 6.10 Å². The molecule has 2 heterocycles. The summed E-state index contributed by atoms with van der Waals surface area (Å²) < 4.78 is 26.7. The number of ether oxygens (including phenoxy) is 1. The van der Waals surface area contributed by atoms with E-state index in [1.807, 2.05) is 41.8 Å². The lowest BCUT2D eigenvalue weighted by Gasteiger charge is -2.12. The van der Waals surface area contributed by atoms with Crippen molar-refractivity contribution >= 4 is 28.7 Å². The molecule has 22 heavy (non-hydrogen) atoms. The molecular weight excluding hydrogens is 324 g/mol. The normalized spacial score (nSPS) is 24.3. The summed E-state index contributed by atoms with van der Waals surface area (Å²) in [6, 6.07) is 11.8. The Hall–Kier alpha value is -1.54. The summed E-state index contributed by atoms with van der Waals surface area (Å²) in [5, 5.41) is 1.97. The first-order chi connectivity index (χ1) is 10.7. The number of carbonyl (C=O) groups excluding carboxylic acids is 1. The Kier molecular flexibility index (Phi) is 4.68. The molecule has 0 aliphatic carbocycles. The SMILES string of the molecule is CCOC(=O)[C@H]1OS(=O)O[C@@H]1c1cc(-c2ccccc2)cs1. The summed E-state index contributed by atoms with van der Waals surface area (Å²) in [6.07, 6.45) is -1.70. The maximum atomic E-state index is 11.9. The van der Waals surface area contributed by atoms with Gasteiger partial charge in [-0.2, -0.15) is 4.21 Å². The summed E-state index contributed by atoms with van der Waals surface area (Å²) in [5.74, 6) is -0.562. The Labute approximate surface area is 134 Å². The third-order valence-corrected chi connectivity index (χ3v) is 4.89. The van der Waals surface area contributed by atoms with E-state index >= 15 is 0 Å². The molecule has 3 rings (SSSR count). The molecule has 2 aromatic rings. The van der Waals surface area contributed by atoms with Crippen molar-refractivity contribution in [1.82, 2.24) is 0 Å². The topological polar surface area (TPSA) is 61.8 Å². The summed E-state index contributed by atoms with van der Waals surface area (Å²) in [5.41, 5.74) is 2.09. The second-order valence-electron chi connectivity index (χ2n) is 4.59. The van der Waals surface area contributed by atoms with E-state index in [2.05, 4.69) is 0 Å². The minimum Gasteiger partial charge on any atom is -0.464 e. The Morgan fingerprint density at radius 2 is 2.05 bits per heavy atom. The van der Waals surface area contributed by atoms with Crippen molar-refractivity contribution in [2.75, 3.05) is 6.61 Å². The van der Waals surface area contributed by atoms with Crippen molar-refractivity contribution < 1.29 is 22.1 Å². The molecule has 0 N–H and O–H groups in total. The lowest BCUT2D eigenvalue weighted by atomic mass is 10.1. The van der Waals surface area contributed by atoms with Crippen LogP contribution in [0, 0.1) is 0 Å². The van der Waals surface area contributed by atoms with E-state index in [1.165, 1.54) is 11.3 Å². The van der Waals surface area contributed by atoms with E-state index in [1.54, 1.807) is 6.92 Å². The molecule has 3 atom stereocenters. The Balaban J connectivity index is 1.85. The molecule has 1 aliphatic rings. The van der Waals surface area contributed by atoms with Crippen LogP contribution in [0.3, 0.4) is 0 Å². The Morgan fingerprint density at radius 1 is 1.27 bits per heavy atom. The fourth-order valence-electron chi connectivity index (χ4n) is 2.16. The Bertz CT molecular complexity index is 682. The van der Waals surface area contributed by atoms with E-state index in [4.69, 9.17) is 13.1 Å². The van der Waals surface area contributed by atoms with Crippen molar-refractivity contribution in [3.8, 4) is 11.1 Å². The first-order valence-electron chi connectivity index (χ1n) is 6.75. The zero-order chi connectivity index (χ0) is 15.5. The van der Waals surface area contributed by atoms with E-state index in [0.29, 0.717) is 0 Å². The number of rotatable bonds is 4. The predicted molar refractivity (Wildman–Crippen MR) is 83.2 cm³/mol. The number of thiophene rings is 1. The molecule has 5 nitrogen and oxygen atoms in total. The quantitative estimate of drug-likeness (QED) is 0.802. The summed E-state index contributed by atoms with van der Waals surface area (Å²) in [4.78, 5) is 12.7. The van der Waals surface area contributed by atoms with Crippen LogP contribution in [0.1, 0.15) is 17.9 Å². The van der Waals surface area contributed by atoms with Crippen LogP contribution >= 0.6 is 11.3 Å². The van der Waals surface area contributed by atoms with Crippen LogP contribution in [0.2, 0.25) is 0 Å². The average Bonchev–Trinajstić information content (AvgIpc) is 3.15. The van der Waals surface area contributed by atoms with Crippen LogP contribution in [0.15, 0.2) is 41.8 Å². The van der Waals surface area contributed by atoms with Gasteiger partial charge in [0, 0.05) is 4.88 Å². The molecule has 0 saturated carbocycles. The number of hydrogen-bond acceptors (Lipinski definition) is 6. The standard InChI is InChI=1S/C15H14O5S2/c1-2-18-15(16)14-13(19-22(17)20-14)12-8-11(9-21-12)10-6-4-3-5-7-10/h3-9,13-14H,2H2,1H3/t13-,14+,22?/m1/s1. The first-order valence-corrected chi connectivity index (χ1v) is 8.63. The van der Waals surface area contributed by atoms with Crippen molar-refractivity contribution in [3.63, 3.8) is 0 Å². The van der Waals surface area contributed by atoms with Crippen LogP contribution in [0.5, 0.6) is 0 Å². The van der Waals surface area contributed by atoms with Gasteiger partial charge in [0.1, 0.15) is 6.10 Å². The van der Waals surface area contributed by atoms with Crippen LogP contribution in [-0.4, -0.2) is 22.9 Å². The van der Waals surface area contributed by atoms with Gasteiger partial charge < -0.3 is 4.74 Å². The second kappa shape index (κ2) is 6.70.